The molecule has 0 aliphatic rings. The summed E-state index contributed by atoms with van der Waals surface area (Å²) in [6.45, 7) is 0.126. The minimum absolute atomic E-state index is 0.126. The molecule has 9 heteroatoms. The number of carbonyl (C=O) groups excluding carboxylic acids is 3. The SMILES string of the molecule is COC(=O)c1ccc(NC(=O)C(=O)NC[C@H](OC)c2ccc(Cl)s2)cc1. The van der Waals surface area contributed by atoms with Gasteiger partial charge in [-0.2, -0.15) is 0 Å². The Morgan fingerprint density at radius 1 is 1.08 bits per heavy atom. The van der Waals surface area contributed by atoms with Crippen LogP contribution in [0.4, 0.5) is 5.69 Å². The molecule has 0 radical (unpaired) electrons. The van der Waals surface area contributed by atoms with Crippen molar-refractivity contribution >= 4 is 46.4 Å². The summed E-state index contributed by atoms with van der Waals surface area (Å²) in [6, 6.07) is 9.52. The molecule has 0 bridgehead atoms. The second-order valence-electron chi connectivity index (χ2n) is 5.10. The Balaban J connectivity index is 1.88. The van der Waals surface area contributed by atoms with Gasteiger partial charge in [0.1, 0.15) is 6.10 Å². The molecule has 7 nitrogen and oxygen atoms in total. The molecule has 0 spiro atoms. The Hall–Kier alpha value is -2.42. The number of nitrogens with one attached hydrogen (secondary N) is 2. The quantitative estimate of drug-likeness (QED) is 0.578. The molecule has 1 heterocycles. The van der Waals surface area contributed by atoms with Crippen molar-refractivity contribution < 1.29 is 23.9 Å². The lowest BCUT2D eigenvalue weighted by atomic mass is 10.2. The third-order valence-electron chi connectivity index (χ3n) is 3.41. The number of methoxy groups -OCH3 is 2. The monoisotopic (exact) mass is 396 g/mol. The maximum Gasteiger partial charge on any atom is 0.337 e. The van der Waals surface area contributed by atoms with Crippen molar-refractivity contribution in [2.75, 3.05) is 26.1 Å². The van der Waals surface area contributed by atoms with E-state index in [1.165, 1.54) is 49.8 Å². The van der Waals surface area contributed by atoms with Crippen molar-refractivity contribution in [3.05, 3.63) is 51.2 Å². The smallest absolute Gasteiger partial charge is 0.337 e. The van der Waals surface area contributed by atoms with Crippen LogP contribution in [0.15, 0.2) is 36.4 Å². The van der Waals surface area contributed by atoms with Crippen LogP contribution in [-0.4, -0.2) is 38.5 Å². The number of anilines is 1. The molecule has 2 aromatic rings. The molecule has 0 aliphatic carbocycles. The van der Waals surface area contributed by atoms with Gasteiger partial charge in [-0.1, -0.05) is 11.6 Å². The van der Waals surface area contributed by atoms with Gasteiger partial charge in [0.05, 0.1) is 17.0 Å². The Morgan fingerprint density at radius 3 is 2.31 bits per heavy atom. The highest BCUT2D eigenvalue weighted by atomic mass is 35.5. The summed E-state index contributed by atoms with van der Waals surface area (Å²) in [7, 11) is 2.78. The number of amides is 2. The predicted octanol–water partition coefficient (Wildman–Crippen LogP) is 2.63. The lowest BCUT2D eigenvalue weighted by Crippen LogP contribution is -2.37. The van der Waals surface area contributed by atoms with E-state index in [0.717, 1.165) is 4.88 Å². The van der Waals surface area contributed by atoms with Gasteiger partial charge in [0, 0.05) is 24.2 Å². The van der Waals surface area contributed by atoms with Gasteiger partial charge in [-0.3, -0.25) is 9.59 Å². The molecule has 1 aromatic heterocycles. The highest BCUT2D eigenvalue weighted by Crippen LogP contribution is 2.28. The first-order valence-electron chi connectivity index (χ1n) is 7.50. The molecule has 0 aliphatic heterocycles. The number of esters is 1. The summed E-state index contributed by atoms with van der Waals surface area (Å²) >= 11 is 7.23. The number of halogens is 1. The van der Waals surface area contributed by atoms with E-state index in [1.54, 1.807) is 12.1 Å². The van der Waals surface area contributed by atoms with E-state index in [-0.39, 0.29) is 6.54 Å². The maximum absolute atomic E-state index is 12.0. The molecule has 138 valence electrons. The Labute approximate surface area is 159 Å². The maximum atomic E-state index is 12.0. The van der Waals surface area contributed by atoms with Gasteiger partial charge in [0.25, 0.3) is 0 Å². The van der Waals surface area contributed by atoms with Crippen molar-refractivity contribution in [2.45, 2.75) is 6.10 Å². The van der Waals surface area contributed by atoms with E-state index in [1.807, 2.05) is 0 Å². The number of carbonyl (C=O) groups is 3. The van der Waals surface area contributed by atoms with Crippen LogP contribution in [0.1, 0.15) is 21.3 Å². The molecular formula is C17H17ClN2O5S. The molecule has 0 fully saturated rings. The van der Waals surface area contributed by atoms with Crippen LogP contribution in [0.25, 0.3) is 0 Å². The van der Waals surface area contributed by atoms with Gasteiger partial charge in [0.2, 0.25) is 0 Å². The van der Waals surface area contributed by atoms with Crippen LogP contribution in [0, 0.1) is 0 Å². The molecule has 2 N–H and O–H groups in total. The van der Waals surface area contributed by atoms with Gasteiger partial charge in [-0.15, -0.1) is 11.3 Å². The molecule has 1 aromatic carbocycles. The summed E-state index contributed by atoms with van der Waals surface area (Å²) in [5.41, 5.74) is 0.721. The van der Waals surface area contributed by atoms with Gasteiger partial charge in [-0.05, 0) is 36.4 Å². The number of thiophene rings is 1. The third-order valence-corrected chi connectivity index (χ3v) is 4.74. The Morgan fingerprint density at radius 2 is 1.77 bits per heavy atom. The van der Waals surface area contributed by atoms with Crippen molar-refractivity contribution in [1.29, 1.82) is 0 Å². The Bertz CT molecular complexity index is 791. The molecular weight excluding hydrogens is 380 g/mol. The number of benzene rings is 1. The van der Waals surface area contributed by atoms with Crippen LogP contribution in [0.3, 0.4) is 0 Å². The zero-order valence-electron chi connectivity index (χ0n) is 14.1. The number of hydrogen-bond acceptors (Lipinski definition) is 6. The fourth-order valence-electron chi connectivity index (χ4n) is 2.06. The fourth-order valence-corrected chi connectivity index (χ4v) is 3.20. The molecule has 2 rings (SSSR count). The molecule has 0 saturated heterocycles. The lowest BCUT2D eigenvalue weighted by Gasteiger charge is -2.14. The predicted molar refractivity (Wildman–Crippen MR) is 98.5 cm³/mol. The van der Waals surface area contributed by atoms with Crippen LogP contribution < -0.4 is 10.6 Å². The highest BCUT2D eigenvalue weighted by Gasteiger charge is 2.18. The van der Waals surface area contributed by atoms with Gasteiger partial charge >= 0.3 is 17.8 Å². The van der Waals surface area contributed by atoms with E-state index in [2.05, 4.69) is 15.4 Å². The standard InChI is InChI=1S/C17H17ClN2O5S/c1-24-12(13-7-8-14(18)26-13)9-19-15(21)16(22)20-11-5-3-10(4-6-11)17(23)25-2/h3-8,12H,9H2,1-2H3,(H,19,21)(H,20,22)/t12-/m0/s1. The first-order valence-corrected chi connectivity index (χ1v) is 8.69. The minimum atomic E-state index is -0.824. The zero-order chi connectivity index (χ0) is 19.1. The average molecular weight is 397 g/mol. The largest absolute Gasteiger partial charge is 0.465 e. The van der Waals surface area contributed by atoms with E-state index in [4.69, 9.17) is 16.3 Å². The average Bonchev–Trinajstić information content (AvgIpc) is 3.08. The summed E-state index contributed by atoms with van der Waals surface area (Å²) in [5.74, 6) is -2.11. The van der Waals surface area contributed by atoms with Crippen LogP contribution in [0.2, 0.25) is 4.34 Å². The van der Waals surface area contributed by atoms with E-state index >= 15 is 0 Å². The summed E-state index contributed by atoms with van der Waals surface area (Å²) in [5, 5.41) is 4.96. The van der Waals surface area contributed by atoms with E-state index in [9.17, 15) is 14.4 Å². The summed E-state index contributed by atoms with van der Waals surface area (Å²) < 4.78 is 10.5. The third kappa shape index (κ3) is 5.29. The van der Waals surface area contributed by atoms with Crippen molar-refractivity contribution in [1.82, 2.24) is 5.32 Å². The van der Waals surface area contributed by atoms with Crippen LogP contribution in [-0.2, 0) is 19.1 Å². The van der Waals surface area contributed by atoms with Crippen LogP contribution in [0.5, 0.6) is 0 Å². The second kappa shape index (κ2) is 9.33. The molecule has 1 atom stereocenters. The highest BCUT2D eigenvalue weighted by molar-refractivity contribution is 7.16. The Kier molecular flexibility index (Phi) is 7.14. The number of rotatable bonds is 6. The summed E-state index contributed by atoms with van der Waals surface area (Å²) in [4.78, 5) is 36.1. The normalized spacial score (nSPS) is 11.5. The molecule has 2 amide bonds. The molecule has 0 saturated carbocycles. The lowest BCUT2D eigenvalue weighted by molar-refractivity contribution is -0.136. The van der Waals surface area contributed by atoms with Gasteiger partial charge in [-0.25, -0.2) is 4.79 Å². The van der Waals surface area contributed by atoms with E-state index < -0.39 is 23.9 Å². The molecule has 0 unspecified atom stereocenters. The topological polar surface area (TPSA) is 93.7 Å². The first kappa shape index (κ1) is 19.9. The van der Waals surface area contributed by atoms with Gasteiger partial charge in [0.15, 0.2) is 0 Å². The number of ether oxygens (including phenoxy) is 2. The van der Waals surface area contributed by atoms with Crippen molar-refractivity contribution in [3.63, 3.8) is 0 Å². The van der Waals surface area contributed by atoms with Crippen molar-refractivity contribution in [2.24, 2.45) is 0 Å². The zero-order valence-corrected chi connectivity index (χ0v) is 15.6. The first-order chi connectivity index (χ1) is 12.4. The minimum Gasteiger partial charge on any atom is -0.465 e. The molecule has 26 heavy (non-hydrogen) atoms. The van der Waals surface area contributed by atoms with E-state index in [0.29, 0.717) is 15.6 Å². The number of hydrogen-bond donors (Lipinski definition) is 2. The van der Waals surface area contributed by atoms with Crippen LogP contribution >= 0.6 is 22.9 Å². The second-order valence-corrected chi connectivity index (χ2v) is 6.85. The van der Waals surface area contributed by atoms with Crippen molar-refractivity contribution in [3.8, 4) is 0 Å². The summed E-state index contributed by atoms with van der Waals surface area (Å²) in [6.07, 6.45) is -0.399. The van der Waals surface area contributed by atoms with Gasteiger partial charge < -0.3 is 20.1 Å². The fraction of sp³-hybridized carbons (Fsp3) is 0.235.